The van der Waals surface area contributed by atoms with E-state index in [0.29, 0.717) is 6.04 Å². The molecule has 0 amide bonds. The zero-order chi connectivity index (χ0) is 13.5. The summed E-state index contributed by atoms with van der Waals surface area (Å²) >= 11 is 3.66. The molecule has 0 spiro atoms. The van der Waals surface area contributed by atoms with Crippen LogP contribution in [0.4, 0.5) is 0 Å². The van der Waals surface area contributed by atoms with E-state index in [4.69, 9.17) is 0 Å². The number of hydrogen-bond acceptors (Lipinski definition) is 4. The molecule has 0 radical (unpaired) electrons. The Bertz CT molecular complexity index is 435. The van der Waals surface area contributed by atoms with E-state index in [1.807, 2.05) is 22.7 Å². The number of rotatable bonds is 8. The Morgan fingerprint density at radius 2 is 1.79 bits per heavy atom. The largest absolute Gasteiger partial charge is 0.311 e. The molecule has 19 heavy (non-hydrogen) atoms. The maximum absolute atomic E-state index is 3.52. The predicted octanol–water partition coefficient (Wildman–Crippen LogP) is 3.81. The number of nitrogens with one attached hydrogen (secondary N) is 1. The van der Waals surface area contributed by atoms with Crippen molar-refractivity contribution in [1.29, 1.82) is 0 Å². The van der Waals surface area contributed by atoms with E-state index in [9.17, 15) is 0 Å². The van der Waals surface area contributed by atoms with Crippen molar-refractivity contribution in [2.24, 2.45) is 0 Å². The van der Waals surface area contributed by atoms with Crippen molar-refractivity contribution in [3.63, 3.8) is 0 Å². The smallest absolute Gasteiger partial charge is 0.0331 e. The van der Waals surface area contributed by atoms with Gasteiger partial charge in [-0.1, -0.05) is 12.1 Å². The van der Waals surface area contributed by atoms with Crippen LogP contribution in [0.3, 0.4) is 0 Å². The van der Waals surface area contributed by atoms with Crippen LogP contribution in [0, 0.1) is 0 Å². The van der Waals surface area contributed by atoms with Crippen molar-refractivity contribution < 1.29 is 0 Å². The number of hydrogen-bond donors (Lipinski definition) is 1. The van der Waals surface area contributed by atoms with Crippen molar-refractivity contribution in [2.45, 2.75) is 33.0 Å². The highest BCUT2D eigenvalue weighted by Gasteiger charge is 2.10. The van der Waals surface area contributed by atoms with Gasteiger partial charge in [-0.05, 0) is 36.7 Å². The molecule has 104 valence electrons. The molecule has 2 rings (SSSR count). The standard InChI is InChI=1S/C15H22N2S2/c1-13(2)17(12-15-6-4-10-19-15)8-7-16-11-14-5-3-9-18-14/h3-6,9-10,13,16H,7-8,11-12H2,1-2H3. The third-order valence-electron chi connectivity index (χ3n) is 3.12. The van der Waals surface area contributed by atoms with Crippen LogP contribution >= 0.6 is 22.7 Å². The highest BCUT2D eigenvalue weighted by Crippen LogP contribution is 2.13. The Labute approximate surface area is 124 Å². The average molecular weight is 294 g/mol. The first-order valence-corrected chi connectivity index (χ1v) is 8.51. The summed E-state index contributed by atoms with van der Waals surface area (Å²) in [6, 6.07) is 9.24. The molecule has 0 aliphatic rings. The zero-order valence-electron chi connectivity index (χ0n) is 11.6. The zero-order valence-corrected chi connectivity index (χ0v) is 13.3. The average Bonchev–Trinajstić information content (AvgIpc) is 3.05. The first-order chi connectivity index (χ1) is 9.25. The third-order valence-corrected chi connectivity index (χ3v) is 4.86. The van der Waals surface area contributed by atoms with Gasteiger partial charge in [-0.15, -0.1) is 22.7 Å². The minimum atomic E-state index is 0.589. The maximum atomic E-state index is 3.52. The lowest BCUT2D eigenvalue weighted by molar-refractivity contribution is 0.215. The molecule has 1 N–H and O–H groups in total. The van der Waals surface area contributed by atoms with Gasteiger partial charge in [0.15, 0.2) is 0 Å². The molecule has 0 aromatic carbocycles. The van der Waals surface area contributed by atoms with E-state index >= 15 is 0 Å². The van der Waals surface area contributed by atoms with E-state index in [2.05, 4.69) is 59.1 Å². The Balaban J connectivity index is 1.71. The van der Waals surface area contributed by atoms with E-state index in [1.54, 1.807) is 0 Å². The summed E-state index contributed by atoms with van der Waals surface area (Å²) in [6.45, 7) is 8.74. The normalized spacial score (nSPS) is 11.6. The van der Waals surface area contributed by atoms with Crippen LogP contribution < -0.4 is 5.32 Å². The first kappa shape index (κ1) is 14.7. The Hall–Kier alpha value is -0.680. The summed E-state index contributed by atoms with van der Waals surface area (Å²) in [4.78, 5) is 5.38. The lowest BCUT2D eigenvalue weighted by Crippen LogP contribution is -2.36. The van der Waals surface area contributed by atoms with E-state index in [1.165, 1.54) is 9.75 Å². The van der Waals surface area contributed by atoms with Gasteiger partial charge in [-0.25, -0.2) is 0 Å². The maximum Gasteiger partial charge on any atom is 0.0331 e. The topological polar surface area (TPSA) is 15.3 Å². The minimum absolute atomic E-state index is 0.589. The SMILES string of the molecule is CC(C)N(CCNCc1cccs1)Cc1cccs1. The van der Waals surface area contributed by atoms with Crippen LogP contribution in [0.25, 0.3) is 0 Å². The van der Waals surface area contributed by atoms with Gasteiger partial charge >= 0.3 is 0 Å². The van der Waals surface area contributed by atoms with Gasteiger partial charge < -0.3 is 5.32 Å². The van der Waals surface area contributed by atoms with Crippen molar-refractivity contribution in [3.8, 4) is 0 Å². The molecular formula is C15H22N2S2. The molecule has 0 saturated heterocycles. The Morgan fingerprint density at radius 1 is 1.11 bits per heavy atom. The molecule has 2 aromatic rings. The molecule has 0 aliphatic heterocycles. The van der Waals surface area contributed by atoms with Crippen LogP contribution in [0.1, 0.15) is 23.6 Å². The monoisotopic (exact) mass is 294 g/mol. The summed E-state index contributed by atoms with van der Waals surface area (Å²) in [6.07, 6.45) is 0. The van der Waals surface area contributed by atoms with Crippen LogP contribution in [-0.2, 0) is 13.1 Å². The molecule has 0 bridgehead atoms. The third kappa shape index (κ3) is 5.07. The van der Waals surface area contributed by atoms with Gasteiger partial charge in [0, 0.05) is 42.0 Å². The number of thiophene rings is 2. The summed E-state index contributed by atoms with van der Waals surface area (Å²) < 4.78 is 0. The van der Waals surface area contributed by atoms with Crippen molar-refractivity contribution in [1.82, 2.24) is 10.2 Å². The first-order valence-electron chi connectivity index (χ1n) is 6.75. The van der Waals surface area contributed by atoms with Crippen LogP contribution in [0.2, 0.25) is 0 Å². The van der Waals surface area contributed by atoms with Crippen LogP contribution in [0.5, 0.6) is 0 Å². The van der Waals surface area contributed by atoms with E-state index in [0.717, 1.165) is 26.2 Å². The highest BCUT2D eigenvalue weighted by molar-refractivity contribution is 7.10. The quantitative estimate of drug-likeness (QED) is 0.745. The predicted molar refractivity (Wildman–Crippen MR) is 85.9 cm³/mol. The van der Waals surface area contributed by atoms with Crippen LogP contribution in [0.15, 0.2) is 35.0 Å². The summed E-state index contributed by atoms with van der Waals surface area (Å²) in [7, 11) is 0. The van der Waals surface area contributed by atoms with Gasteiger partial charge in [-0.2, -0.15) is 0 Å². The van der Waals surface area contributed by atoms with Gasteiger partial charge in [0.2, 0.25) is 0 Å². The molecule has 0 saturated carbocycles. The molecule has 0 aliphatic carbocycles. The summed E-state index contributed by atoms with van der Waals surface area (Å²) in [5, 5.41) is 7.81. The second-order valence-electron chi connectivity index (χ2n) is 4.90. The van der Waals surface area contributed by atoms with Crippen LogP contribution in [-0.4, -0.2) is 24.0 Å². The molecule has 4 heteroatoms. The molecular weight excluding hydrogens is 272 g/mol. The molecule has 0 fully saturated rings. The fraction of sp³-hybridized carbons (Fsp3) is 0.467. The second kappa shape index (κ2) is 7.80. The lowest BCUT2D eigenvalue weighted by atomic mass is 10.3. The molecule has 2 heterocycles. The van der Waals surface area contributed by atoms with Crippen molar-refractivity contribution in [2.75, 3.05) is 13.1 Å². The molecule has 0 atom stereocenters. The van der Waals surface area contributed by atoms with Gasteiger partial charge in [0.25, 0.3) is 0 Å². The summed E-state index contributed by atoms with van der Waals surface area (Å²) in [5.41, 5.74) is 0. The second-order valence-corrected chi connectivity index (χ2v) is 6.96. The van der Waals surface area contributed by atoms with Crippen molar-refractivity contribution >= 4 is 22.7 Å². The van der Waals surface area contributed by atoms with E-state index < -0.39 is 0 Å². The summed E-state index contributed by atoms with van der Waals surface area (Å²) in [5.74, 6) is 0. The van der Waals surface area contributed by atoms with Gasteiger partial charge in [0.05, 0.1) is 0 Å². The molecule has 2 nitrogen and oxygen atoms in total. The van der Waals surface area contributed by atoms with Gasteiger partial charge in [0.1, 0.15) is 0 Å². The number of nitrogens with zero attached hydrogens (tertiary/aromatic N) is 1. The molecule has 2 aromatic heterocycles. The lowest BCUT2D eigenvalue weighted by Gasteiger charge is -2.26. The fourth-order valence-electron chi connectivity index (χ4n) is 1.97. The Morgan fingerprint density at radius 3 is 2.37 bits per heavy atom. The minimum Gasteiger partial charge on any atom is -0.311 e. The Kier molecular flexibility index (Phi) is 6.04. The molecule has 0 unspecified atom stereocenters. The van der Waals surface area contributed by atoms with Gasteiger partial charge in [-0.3, -0.25) is 4.90 Å². The van der Waals surface area contributed by atoms with E-state index in [-0.39, 0.29) is 0 Å². The fourth-order valence-corrected chi connectivity index (χ4v) is 3.37. The highest BCUT2D eigenvalue weighted by atomic mass is 32.1. The van der Waals surface area contributed by atoms with Crippen molar-refractivity contribution in [3.05, 3.63) is 44.8 Å².